The number of hydrogen-bond donors (Lipinski definition) is 2. The lowest BCUT2D eigenvalue weighted by Gasteiger charge is -2.09. The minimum absolute atomic E-state index is 0.0779. The number of nitrogens with one attached hydrogen (secondary N) is 2. The van der Waals surface area contributed by atoms with Gasteiger partial charge in [-0.15, -0.1) is 0 Å². The molecule has 0 aliphatic heterocycles. The second-order valence-corrected chi connectivity index (χ2v) is 7.34. The number of aromatic nitrogens is 1. The van der Waals surface area contributed by atoms with Crippen LogP contribution in [0, 0.1) is 0 Å². The molecular weight excluding hydrogens is 398 g/mol. The van der Waals surface area contributed by atoms with Gasteiger partial charge in [-0.1, -0.05) is 23.7 Å². The second-order valence-electron chi connectivity index (χ2n) is 6.90. The Bertz CT molecular complexity index is 1000. The summed E-state index contributed by atoms with van der Waals surface area (Å²) in [4.78, 5) is 16.3. The van der Waals surface area contributed by atoms with Crippen molar-refractivity contribution >= 4 is 40.2 Å². The first-order valence-electron chi connectivity index (χ1n) is 10.0. The van der Waals surface area contributed by atoms with Gasteiger partial charge in [-0.2, -0.15) is 0 Å². The Morgan fingerprint density at radius 1 is 1.07 bits per heavy atom. The summed E-state index contributed by atoms with van der Waals surface area (Å²) in [6.07, 6.45) is 8.14. The van der Waals surface area contributed by atoms with Gasteiger partial charge in [0.2, 0.25) is 5.91 Å². The summed E-state index contributed by atoms with van der Waals surface area (Å²) in [5.41, 5.74) is 2.91. The van der Waals surface area contributed by atoms with Gasteiger partial charge in [-0.05, 0) is 67.3 Å². The number of nitrogens with zero attached hydrogens (tertiary/aromatic N) is 1. The summed E-state index contributed by atoms with van der Waals surface area (Å²) < 4.78 is 5.12. The van der Waals surface area contributed by atoms with E-state index in [0.29, 0.717) is 11.6 Å². The monoisotopic (exact) mass is 423 g/mol. The van der Waals surface area contributed by atoms with E-state index in [1.165, 1.54) is 0 Å². The number of anilines is 1. The number of methoxy groups -OCH3 is 1. The molecule has 0 saturated carbocycles. The highest BCUT2D eigenvalue weighted by Gasteiger charge is 2.02. The van der Waals surface area contributed by atoms with Crippen molar-refractivity contribution < 1.29 is 9.53 Å². The van der Waals surface area contributed by atoms with Gasteiger partial charge in [0, 0.05) is 41.5 Å². The number of benzene rings is 2. The van der Waals surface area contributed by atoms with Crippen molar-refractivity contribution in [2.75, 3.05) is 25.5 Å². The standard InChI is InChI=1S/C24H26ClN3O2/c1-30-20-9-5-18(6-10-20)7-12-24(29)28-15-4-2-3-14-26-22-13-16-27-23-17-19(25)8-11-21(22)23/h5-13,16-17H,2-4,14-15H2,1H3,(H,26,27)(H,28,29)/b12-7+. The van der Waals surface area contributed by atoms with Crippen LogP contribution in [0.1, 0.15) is 24.8 Å². The van der Waals surface area contributed by atoms with Crippen LogP contribution < -0.4 is 15.4 Å². The summed E-state index contributed by atoms with van der Waals surface area (Å²) in [6, 6.07) is 15.3. The molecule has 156 valence electrons. The maximum atomic E-state index is 11.9. The third kappa shape index (κ3) is 6.49. The van der Waals surface area contributed by atoms with Crippen LogP contribution in [-0.2, 0) is 4.79 Å². The third-order valence-electron chi connectivity index (χ3n) is 4.72. The number of rotatable bonds is 10. The molecule has 0 fully saturated rings. The lowest BCUT2D eigenvalue weighted by molar-refractivity contribution is -0.116. The molecule has 0 aliphatic rings. The topological polar surface area (TPSA) is 63.2 Å². The fraction of sp³-hybridized carbons (Fsp3) is 0.250. The Labute approximate surface area is 182 Å². The van der Waals surface area contributed by atoms with Crippen molar-refractivity contribution in [1.82, 2.24) is 10.3 Å². The smallest absolute Gasteiger partial charge is 0.243 e. The molecule has 2 N–H and O–H groups in total. The molecular formula is C24H26ClN3O2. The molecule has 6 heteroatoms. The number of carbonyl (C=O) groups is 1. The van der Waals surface area contributed by atoms with Crippen molar-refractivity contribution in [2.45, 2.75) is 19.3 Å². The highest BCUT2D eigenvalue weighted by molar-refractivity contribution is 6.31. The molecule has 0 saturated heterocycles. The minimum Gasteiger partial charge on any atom is -0.497 e. The van der Waals surface area contributed by atoms with E-state index in [9.17, 15) is 4.79 Å². The zero-order valence-electron chi connectivity index (χ0n) is 17.0. The van der Waals surface area contributed by atoms with Gasteiger partial charge in [-0.3, -0.25) is 9.78 Å². The normalized spacial score (nSPS) is 11.0. The van der Waals surface area contributed by atoms with Crippen molar-refractivity contribution in [3.63, 3.8) is 0 Å². The van der Waals surface area contributed by atoms with E-state index in [1.807, 2.05) is 48.5 Å². The molecule has 1 amide bonds. The van der Waals surface area contributed by atoms with Crippen molar-refractivity contribution in [3.05, 3.63) is 71.4 Å². The minimum atomic E-state index is -0.0779. The van der Waals surface area contributed by atoms with Crippen molar-refractivity contribution in [3.8, 4) is 5.75 Å². The molecule has 1 aromatic heterocycles. The number of fused-ring (bicyclic) bond motifs is 1. The maximum absolute atomic E-state index is 11.9. The summed E-state index contributed by atoms with van der Waals surface area (Å²) in [7, 11) is 1.63. The summed E-state index contributed by atoms with van der Waals surface area (Å²) in [5, 5.41) is 8.14. The Kier molecular flexibility index (Phi) is 8.10. The Morgan fingerprint density at radius 3 is 2.67 bits per heavy atom. The van der Waals surface area contributed by atoms with Crippen LogP contribution >= 0.6 is 11.6 Å². The molecule has 0 aliphatic carbocycles. The molecule has 0 radical (unpaired) electrons. The third-order valence-corrected chi connectivity index (χ3v) is 4.95. The molecule has 0 spiro atoms. The zero-order valence-corrected chi connectivity index (χ0v) is 17.8. The number of pyridine rings is 1. The van der Waals surface area contributed by atoms with Gasteiger partial charge >= 0.3 is 0 Å². The van der Waals surface area contributed by atoms with E-state index in [1.54, 1.807) is 25.5 Å². The van der Waals surface area contributed by atoms with Crippen LogP contribution in [0.2, 0.25) is 5.02 Å². The van der Waals surface area contributed by atoms with Crippen LogP contribution in [0.5, 0.6) is 5.75 Å². The van der Waals surface area contributed by atoms with E-state index in [2.05, 4.69) is 15.6 Å². The van der Waals surface area contributed by atoms with Crippen LogP contribution in [0.3, 0.4) is 0 Å². The number of unbranched alkanes of at least 4 members (excludes halogenated alkanes) is 2. The molecule has 3 aromatic rings. The van der Waals surface area contributed by atoms with Gasteiger partial charge in [0.25, 0.3) is 0 Å². The molecule has 0 atom stereocenters. The van der Waals surface area contributed by atoms with E-state index < -0.39 is 0 Å². The number of hydrogen-bond acceptors (Lipinski definition) is 4. The van der Waals surface area contributed by atoms with Crippen LogP contribution in [0.25, 0.3) is 17.0 Å². The molecule has 30 heavy (non-hydrogen) atoms. The van der Waals surface area contributed by atoms with Crippen molar-refractivity contribution in [2.24, 2.45) is 0 Å². The fourth-order valence-electron chi connectivity index (χ4n) is 3.08. The maximum Gasteiger partial charge on any atom is 0.243 e. The molecule has 1 heterocycles. The number of carbonyl (C=O) groups excluding carboxylic acids is 1. The number of halogens is 1. The number of ether oxygens (including phenoxy) is 1. The van der Waals surface area contributed by atoms with Gasteiger partial charge in [0.05, 0.1) is 12.6 Å². The average Bonchev–Trinajstić information content (AvgIpc) is 2.77. The first-order chi connectivity index (χ1) is 14.7. The van der Waals surface area contributed by atoms with Gasteiger partial charge in [-0.25, -0.2) is 0 Å². The molecule has 0 unspecified atom stereocenters. The predicted octanol–water partition coefficient (Wildman–Crippen LogP) is 5.31. The number of amides is 1. The SMILES string of the molecule is COc1ccc(/C=C/C(=O)NCCCCCNc2ccnc3cc(Cl)ccc23)cc1. The summed E-state index contributed by atoms with van der Waals surface area (Å²) in [5.74, 6) is 0.721. The quantitative estimate of drug-likeness (QED) is 0.342. The van der Waals surface area contributed by atoms with E-state index in [0.717, 1.165) is 53.7 Å². The van der Waals surface area contributed by atoms with Crippen molar-refractivity contribution in [1.29, 1.82) is 0 Å². The molecule has 5 nitrogen and oxygen atoms in total. The van der Waals surface area contributed by atoms with Crippen LogP contribution in [0.4, 0.5) is 5.69 Å². The fourth-order valence-corrected chi connectivity index (χ4v) is 3.25. The van der Waals surface area contributed by atoms with E-state index in [4.69, 9.17) is 16.3 Å². The highest BCUT2D eigenvalue weighted by Crippen LogP contribution is 2.24. The van der Waals surface area contributed by atoms with Gasteiger partial charge in [0.1, 0.15) is 5.75 Å². The summed E-state index contributed by atoms with van der Waals surface area (Å²) >= 11 is 6.03. The lowest BCUT2D eigenvalue weighted by atomic mass is 10.1. The Morgan fingerprint density at radius 2 is 1.87 bits per heavy atom. The zero-order chi connectivity index (χ0) is 21.2. The largest absolute Gasteiger partial charge is 0.497 e. The average molecular weight is 424 g/mol. The Hall–Kier alpha value is -3.05. The van der Waals surface area contributed by atoms with Crippen LogP contribution in [0.15, 0.2) is 60.8 Å². The van der Waals surface area contributed by atoms with E-state index >= 15 is 0 Å². The predicted molar refractivity (Wildman–Crippen MR) is 124 cm³/mol. The molecule has 2 aromatic carbocycles. The van der Waals surface area contributed by atoms with Gasteiger partial charge in [0.15, 0.2) is 0 Å². The molecule has 3 rings (SSSR count). The summed E-state index contributed by atoms with van der Waals surface area (Å²) in [6.45, 7) is 1.54. The molecule has 0 bridgehead atoms. The second kappa shape index (κ2) is 11.2. The first kappa shape index (κ1) is 21.7. The van der Waals surface area contributed by atoms with Gasteiger partial charge < -0.3 is 15.4 Å². The Balaban J connectivity index is 1.32. The van der Waals surface area contributed by atoms with E-state index in [-0.39, 0.29) is 5.91 Å². The first-order valence-corrected chi connectivity index (χ1v) is 10.4. The van der Waals surface area contributed by atoms with Crippen LogP contribution in [-0.4, -0.2) is 31.1 Å². The highest BCUT2D eigenvalue weighted by atomic mass is 35.5. The lowest BCUT2D eigenvalue weighted by Crippen LogP contribution is -2.22.